The van der Waals surface area contributed by atoms with Crippen molar-refractivity contribution >= 4 is 17.0 Å². The van der Waals surface area contributed by atoms with Crippen molar-refractivity contribution in [3.05, 3.63) is 29.6 Å². The summed E-state index contributed by atoms with van der Waals surface area (Å²) in [4.78, 5) is 15.7. The molecule has 2 unspecified atom stereocenters. The van der Waals surface area contributed by atoms with Crippen molar-refractivity contribution in [1.29, 1.82) is 0 Å². The summed E-state index contributed by atoms with van der Waals surface area (Å²) in [5, 5.41) is 9.11. The Bertz CT molecular complexity index is 645. The van der Waals surface area contributed by atoms with Crippen molar-refractivity contribution in [2.75, 3.05) is 0 Å². The van der Waals surface area contributed by atoms with E-state index >= 15 is 0 Å². The van der Waals surface area contributed by atoms with E-state index in [1.165, 1.54) is 6.42 Å². The third kappa shape index (κ3) is 2.11. The molecule has 4 nitrogen and oxygen atoms in total. The molecule has 0 aliphatic heterocycles. The first-order chi connectivity index (χ1) is 9.10. The van der Waals surface area contributed by atoms with Crippen molar-refractivity contribution in [1.82, 2.24) is 9.55 Å². The van der Waals surface area contributed by atoms with Crippen LogP contribution in [0.25, 0.3) is 11.0 Å². The molecule has 0 radical (unpaired) electrons. The Hall–Kier alpha value is -1.84. The van der Waals surface area contributed by atoms with E-state index in [0.717, 1.165) is 41.7 Å². The lowest BCUT2D eigenvalue weighted by atomic mass is 10.2. The highest BCUT2D eigenvalue weighted by Crippen LogP contribution is 2.40. The van der Waals surface area contributed by atoms with Crippen LogP contribution in [0.4, 0.5) is 0 Å². The summed E-state index contributed by atoms with van der Waals surface area (Å²) in [6.07, 6.45) is 2.14. The summed E-state index contributed by atoms with van der Waals surface area (Å²) < 4.78 is 2.20. The van der Waals surface area contributed by atoms with Gasteiger partial charge in [0.15, 0.2) is 0 Å². The Morgan fingerprint density at radius 1 is 1.53 bits per heavy atom. The van der Waals surface area contributed by atoms with Crippen molar-refractivity contribution in [2.45, 2.75) is 33.2 Å². The fourth-order valence-corrected chi connectivity index (χ4v) is 2.67. The molecule has 1 saturated carbocycles. The van der Waals surface area contributed by atoms with E-state index in [1.807, 2.05) is 6.07 Å². The molecule has 0 bridgehead atoms. The Kier molecular flexibility index (Phi) is 2.81. The SMILES string of the molecule is CCc1nc2ccc(C(=O)O)cc2n1CC1CC1C. The molecule has 1 heterocycles. The minimum Gasteiger partial charge on any atom is -0.478 e. The first-order valence-corrected chi connectivity index (χ1v) is 6.82. The molecule has 4 heteroatoms. The fraction of sp³-hybridized carbons (Fsp3) is 0.467. The van der Waals surface area contributed by atoms with Crippen molar-refractivity contribution < 1.29 is 9.90 Å². The van der Waals surface area contributed by atoms with Crippen LogP contribution >= 0.6 is 0 Å². The summed E-state index contributed by atoms with van der Waals surface area (Å²) in [5.74, 6) is 1.67. The molecule has 1 aromatic carbocycles. The fourth-order valence-electron chi connectivity index (χ4n) is 2.67. The van der Waals surface area contributed by atoms with Crippen LogP contribution < -0.4 is 0 Å². The van der Waals surface area contributed by atoms with E-state index in [-0.39, 0.29) is 0 Å². The molecule has 19 heavy (non-hydrogen) atoms. The number of carbonyl (C=O) groups is 1. The van der Waals surface area contributed by atoms with Crippen molar-refractivity contribution in [3.63, 3.8) is 0 Å². The van der Waals surface area contributed by atoms with Gasteiger partial charge in [0.2, 0.25) is 0 Å². The monoisotopic (exact) mass is 258 g/mol. The lowest BCUT2D eigenvalue weighted by Gasteiger charge is -2.07. The molecule has 1 N–H and O–H groups in total. The summed E-state index contributed by atoms with van der Waals surface area (Å²) >= 11 is 0. The summed E-state index contributed by atoms with van der Waals surface area (Å²) in [6, 6.07) is 5.18. The van der Waals surface area contributed by atoms with Crippen molar-refractivity contribution in [2.24, 2.45) is 11.8 Å². The molecular formula is C15H18N2O2. The minimum absolute atomic E-state index is 0.333. The van der Waals surface area contributed by atoms with Crippen LogP contribution in [-0.4, -0.2) is 20.6 Å². The molecule has 1 fully saturated rings. The zero-order chi connectivity index (χ0) is 13.6. The van der Waals surface area contributed by atoms with Crippen LogP contribution in [0, 0.1) is 11.8 Å². The number of carboxylic acids is 1. The van der Waals surface area contributed by atoms with E-state index in [0.29, 0.717) is 5.56 Å². The highest BCUT2D eigenvalue weighted by molar-refractivity contribution is 5.92. The number of nitrogens with zero attached hydrogens (tertiary/aromatic N) is 2. The average molecular weight is 258 g/mol. The van der Waals surface area contributed by atoms with Gasteiger partial charge in [-0.2, -0.15) is 0 Å². The Labute approximate surface area is 112 Å². The largest absolute Gasteiger partial charge is 0.478 e. The van der Waals surface area contributed by atoms with E-state index < -0.39 is 5.97 Å². The first kappa shape index (κ1) is 12.2. The van der Waals surface area contributed by atoms with Crippen LogP contribution in [0.15, 0.2) is 18.2 Å². The molecule has 0 spiro atoms. The number of carboxylic acid groups (broad SMARTS) is 1. The maximum atomic E-state index is 11.1. The zero-order valence-electron chi connectivity index (χ0n) is 11.3. The number of rotatable bonds is 4. The van der Waals surface area contributed by atoms with Gasteiger partial charge in [-0.1, -0.05) is 13.8 Å². The predicted molar refractivity (Wildman–Crippen MR) is 73.3 cm³/mol. The maximum Gasteiger partial charge on any atom is 0.335 e. The van der Waals surface area contributed by atoms with E-state index in [4.69, 9.17) is 5.11 Å². The lowest BCUT2D eigenvalue weighted by Crippen LogP contribution is -2.06. The minimum atomic E-state index is -0.882. The number of aryl methyl sites for hydroxylation is 1. The smallest absolute Gasteiger partial charge is 0.335 e. The van der Waals surface area contributed by atoms with Gasteiger partial charge in [-0.3, -0.25) is 0 Å². The second-order valence-electron chi connectivity index (χ2n) is 5.47. The summed E-state index contributed by atoms with van der Waals surface area (Å²) in [6.45, 7) is 5.31. The molecule has 0 saturated heterocycles. The van der Waals surface area contributed by atoms with Gasteiger partial charge in [-0.15, -0.1) is 0 Å². The van der Waals surface area contributed by atoms with Gasteiger partial charge < -0.3 is 9.67 Å². The topological polar surface area (TPSA) is 55.1 Å². The summed E-state index contributed by atoms with van der Waals surface area (Å²) in [7, 11) is 0. The quantitative estimate of drug-likeness (QED) is 0.917. The molecule has 1 aliphatic rings. The van der Waals surface area contributed by atoms with Gasteiger partial charge in [0.25, 0.3) is 0 Å². The van der Waals surface area contributed by atoms with Gasteiger partial charge in [-0.25, -0.2) is 9.78 Å². The van der Waals surface area contributed by atoms with Crippen molar-refractivity contribution in [3.8, 4) is 0 Å². The van der Waals surface area contributed by atoms with Crippen LogP contribution in [0.5, 0.6) is 0 Å². The molecule has 0 amide bonds. The van der Waals surface area contributed by atoms with Gasteiger partial charge in [0.1, 0.15) is 5.82 Å². The Balaban J connectivity index is 2.09. The lowest BCUT2D eigenvalue weighted by molar-refractivity contribution is 0.0697. The molecule has 100 valence electrons. The number of imidazole rings is 1. The molecule has 2 atom stereocenters. The molecular weight excluding hydrogens is 240 g/mol. The Morgan fingerprint density at radius 3 is 2.84 bits per heavy atom. The number of aromatic carboxylic acids is 1. The highest BCUT2D eigenvalue weighted by atomic mass is 16.4. The van der Waals surface area contributed by atoms with Crippen LogP contribution in [0.2, 0.25) is 0 Å². The first-order valence-electron chi connectivity index (χ1n) is 6.82. The van der Waals surface area contributed by atoms with Gasteiger partial charge >= 0.3 is 5.97 Å². The normalized spacial score (nSPS) is 21.8. The van der Waals surface area contributed by atoms with Crippen LogP contribution in [-0.2, 0) is 13.0 Å². The second-order valence-corrected chi connectivity index (χ2v) is 5.47. The maximum absolute atomic E-state index is 11.1. The van der Waals surface area contributed by atoms with Crippen LogP contribution in [0.1, 0.15) is 36.5 Å². The highest BCUT2D eigenvalue weighted by Gasteiger charge is 2.33. The molecule has 1 aliphatic carbocycles. The number of benzene rings is 1. The van der Waals surface area contributed by atoms with Crippen LogP contribution in [0.3, 0.4) is 0 Å². The number of hydrogen-bond donors (Lipinski definition) is 1. The second kappa shape index (κ2) is 4.37. The summed E-state index contributed by atoms with van der Waals surface area (Å²) in [5.41, 5.74) is 2.19. The molecule has 1 aromatic heterocycles. The Morgan fingerprint density at radius 2 is 2.26 bits per heavy atom. The van der Waals surface area contributed by atoms with E-state index in [1.54, 1.807) is 12.1 Å². The number of aromatic nitrogens is 2. The standard InChI is InChI=1S/C15H18N2O2/c1-3-14-16-12-5-4-10(15(18)19)7-13(12)17(14)8-11-6-9(11)2/h4-5,7,9,11H,3,6,8H2,1-2H3,(H,18,19). The third-order valence-electron chi connectivity index (χ3n) is 4.08. The van der Waals surface area contributed by atoms with Gasteiger partial charge in [0, 0.05) is 13.0 Å². The van der Waals surface area contributed by atoms with Gasteiger partial charge in [-0.05, 0) is 36.5 Å². The van der Waals surface area contributed by atoms with Gasteiger partial charge in [0.05, 0.1) is 16.6 Å². The number of fused-ring (bicyclic) bond motifs is 1. The predicted octanol–water partition coefficient (Wildman–Crippen LogP) is 2.95. The zero-order valence-corrected chi connectivity index (χ0v) is 11.3. The molecule has 2 aromatic rings. The third-order valence-corrected chi connectivity index (χ3v) is 4.08. The number of hydrogen-bond acceptors (Lipinski definition) is 2. The average Bonchev–Trinajstić information content (AvgIpc) is 2.97. The van der Waals surface area contributed by atoms with E-state index in [2.05, 4.69) is 23.4 Å². The molecule has 3 rings (SSSR count). The van der Waals surface area contributed by atoms with E-state index in [9.17, 15) is 4.79 Å².